The summed E-state index contributed by atoms with van der Waals surface area (Å²) in [6, 6.07) is 9.62. The quantitative estimate of drug-likeness (QED) is 0.650. The highest BCUT2D eigenvalue weighted by atomic mass is 16.3. The van der Waals surface area contributed by atoms with Gasteiger partial charge in [0, 0.05) is 23.5 Å². The zero-order valence-corrected chi connectivity index (χ0v) is 10.4. The molecule has 5 heteroatoms. The lowest BCUT2D eigenvalue weighted by molar-refractivity contribution is 0.0955. The average Bonchev–Trinajstić information content (AvgIpc) is 2.46. The molecule has 2 N–H and O–H groups in total. The summed E-state index contributed by atoms with van der Waals surface area (Å²) >= 11 is 0. The van der Waals surface area contributed by atoms with Crippen molar-refractivity contribution in [3.63, 3.8) is 0 Å². The summed E-state index contributed by atoms with van der Waals surface area (Å²) in [5.41, 5.74) is 4.40. The van der Waals surface area contributed by atoms with E-state index in [1.54, 1.807) is 25.4 Å². The standard InChI is InChI=1S/C14H13N3O2/c1-10(12-3-2-8-15-9-12)16-17-14(19)11-4-6-13(18)7-5-11/h2-9,18H,1H3,(H,17,19). The highest BCUT2D eigenvalue weighted by Crippen LogP contribution is 2.09. The van der Waals surface area contributed by atoms with E-state index in [1.165, 1.54) is 24.3 Å². The lowest BCUT2D eigenvalue weighted by Gasteiger charge is -2.02. The van der Waals surface area contributed by atoms with E-state index in [1.807, 2.05) is 6.07 Å². The molecule has 0 spiro atoms. The molecule has 1 amide bonds. The van der Waals surface area contributed by atoms with Crippen LogP contribution in [0.4, 0.5) is 0 Å². The molecular weight excluding hydrogens is 242 g/mol. The predicted octanol–water partition coefficient (Wildman–Crippen LogP) is 1.94. The first-order valence-corrected chi connectivity index (χ1v) is 5.71. The van der Waals surface area contributed by atoms with E-state index in [-0.39, 0.29) is 11.7 Å². The molecule has 1 aromatic carbocycles. The van der Waals surface area contributed by atoms with Crippen LogP contribution < -0.4 is 5.43 Å². The van der Waals surface area contributed by atoms with Crippen LogP contribution in [0.1, 0.15) is 22.8 Å². The topological polar surface area (TPSA) is 74.6 Å². The van der Waals surface area contributed by atoms with Crippen LogP contribution in [0, 0.1) is 0 Å². The molecule has 96 valence electrons. The van der Waals surface area contributed by atoms with Gasteiger partial charge in [-0.25, -0.2) is 5.43 Å². The molecule has 19 heavy (non-hydrogen) atoms. The van der Waals surface area contributed by atoms with Crippen molar-refractivity contribution in [3.8, 4) is 5.75 Å². The third-order valence-corrected chi connectivity index (χ3v) is 2.53. The van der Waals surface area contributed by atoms with E-state index in [0.29, 0.717) is 11.3 Å². The van der Waals surface area contributed by atoms with E-state index >= 15 is 0 Å². The van der Waals surface area contributed by atoms with Crippen LogP contribution in [-0.4, -0.2) is 21.7 Å². The fourth-order valence-electron chi connectivity index (χ4n) is 1.45. The summed E-state index contributed by atoms with van der Waals surface area (Å²) < 4.78 is 0. The maximum Gasteiger partial charge on any atom is 0.271 e. The molecule has 2 aromatic rings. The fraction of sp³-hybridized carbons (Fsp3) is 0.0714. The van der Waals surface area contributed by atoms with Crippen molar-refractivity contribution in [1.82, 2.24) is 10.4 Å². The van der Waals surface area contributed by atoms with Crippen molar-refractivity contribution in [2.45, 2.75) is 6.92 Å². The van der Waals surface area contributed by atoms with Crippen molar-refractivity contribution in [2.75, 3.05) is 0 Å². The van der Waals surface area contributed by atoms with Gasteiger partial charge in [-0.05, 0) is 37.3 Å². The second-order valence-electron chi connectivity index (χ2n) is 3.93. The predicted molar refractivity (Wildman–Crippen MR) is 72.0 cm³/mol. The van der Waals surface area contributed by atoms with Crippen molar-refractivity contribution >= 4 is 11.6 Å². The molecule has 1 heterocycles. The normalized spacial score (nSPS) is 11.1. The summed E-state index contributed by atoms with van der Waals surface area (Å²) in [6.07, 6.45) is 3.34. The molecule has 0 saturated heterocycles. The highest BCUT2D eigenvalue weighted by Gasteiger charge is 2.04. The number of phenols is 1. The number of hydrogen-bond acceptors (Lipinski definition) is 4. The lowest BCUT2D eigenvalue weighted by Crippen LogP contribution is -2.19. The van der Waals surface area contributed by atoms with Crippen LogP contribution in [-0.2, 0) is 0 Å². The number of nitrogens with zero attached hydrogens (tertiary/aromatic N) is 2. The molecule has 0 bridgehead atoms. The molecule has 2 rings (SSSR count). The van der Waals surface area contributed by atoms with Crippen molar-refractivity contribution in [3.05, 3.63) is 59.9 Å². The van der Waals surface area contributed by atoms with E-state index in [9.17, 15) is 4.79 Å². The number of aromatic nitrogens is 1. The minimum absolute atomic E-state index is 0.117. The number of phenolic OH excluding ortho intramolecular Hbond substituents is 1. The SMILES string of the molecule is CC(=NNC(=O)c1ccc(O)cc1)c1cccnc1. The third kappa shape index (κ3) is 3.38. The van der Waals surface area contributed by atoms with Gasteiger partial charge in [-0.3, -0.25) is 9.78 Å². The molecule has 0 radical (unpaired) electrons. The second kappa shape index (κ2) is 5.77. The molecule has 0 saturated carbocycles. The average molecular weight is 255 g/mol. The molecular formula is C14H13N3O2. The Balaban J connectivity index is 2.06. The van der Waals surface area contributed by atoms with Crippen molar-refractivity contribution < 1.29 is 9.90 Å². The van der Waals surface area contributed by atoms with Gasteiger partial charge in [-0.15, -0.1) is 0 Å². The Hall–Kier alpha value is -2.69. The van der Waals surface area contributed by atoms with Gasteiger partial charge >= 0.3 is 0 Å². The summed E-state index contributed by atoms with van der Waals surface area (Å²) in [5.74, 6) is -0.213. The number of aromatic hydroxyl groups is 1. The Labute approximate surface area is 110 Å². The maximum atomic E-state index is 11.8. The first kappa shape index (κ1) is 12.8. The number of amides is 1. The van der Waals surface area contributed by atoms with Gasteiger partial charge < -0.3 is 5.11 Å². The molecule has 0 fully saturated rings. The fourth-order valence-corrected chi connectivity index (χ4v) is 1.45. The Bertz CT molecular complexity index is 592. The second-order valence-corrected chi connectivity index (χ2v) is 3.93. The van der Waals surface area contributed by atoms with E-state index in [2.05, 4.69) is 15.5 Å². The molecule has 0 atom stereocenters. The largest absolute Gasteiger partial charge is 0.508 e. The van der Waals surface area contributed by atoms with Gasteiger partial charge in [-0.2, -0.15) is 5.10 Å². The summed E-state index contributed by atoms with van der Waals surface area (Å²) in [5, 5.41) is 13.1. The van der Waals surface area contributed by atoms with Crippen LogP contribution in [0.15, 0.2) is 53.9 Å². The minimum atomic E-state index is -0.330. The first-order valence-electron chi connectivity index (χ1n) is 5.71. The van der Waals surface area contributed by atoms with E-state index < -0.39 is 0 Å². The Kier molecular flexibility index (Phi) is 3.87. The molecule has 0 unspecified atom stereocenters. The van der Waals surface area contributed by atoms with Gasteiger partial charge in [0.25, 0.3) is 5.91 Å². The number of nitrogens with one attached hydrogen (secondary N) is 1. The monoisotopic (exact) mass is 255 g/mol. The van der Waals surface area contributed by atoms with Crippen LogP contribution >= 0.6 is 0 Å². The van der Waals surface area contributed by atoms with E-state index in [0.717, 1.165) is 5.56 Å². The Morgan fingerprint density at radius 3 is 2.58 bits per heavy atom. The Morgan fingerprint density at radius 2 is 1.95 bits per heavy atom. The lowest BCUT2D eigenvalue weighted by atomic mass is 10.2. The van der Waals surface area contributed by atoms with Crippen LogP contribution in [0.2, 0.25) is 0 Å². The number of rotatable bonds is 3. The summed E-state index contributed by atoms with van der Waals surface area (Å²) in [4.78, 5) is 15.8. The number of benzene rings is 1. The number of hydrogen-bond donors (Lipinski definition) is 2. The first-order chi connectivity index (χ1) is 9.16. The maximum absolute atomic E-state index is 11.8. The van der Waals surface area contributed by atoms with Crippen LogP contribution in [0.3, 0.4) is 0 Å². The Morgan fingerprint density at radius 1 is 1.21 bits per heavy atom. The van der Waals surface area contributed by atoms with Gasteiger partial charge in [0.2, 0.25) is 0 Å². The molecule has 0 aliphatic carbocycles. The number of pyridine rings is 1. The number of carbonyl (C=O) groups excluding carboxylic acids is 1. The molecule has 0 aliphatic rings. The van der Waals surface area contributed by atoms with Gasteiger partial charge in [-0.1, -0.05) is 6.07 Å². The number of hydrazone groups is 1. The molecule has 0 aliphatic heterocycles. The van der Waals surface area contributed by atoms with Crippen LogP contribution in [0.5, 0.6) is 5.75 Å². The van der Waals surface area contributed by atoms with Gasteiger partial charge in [0.05, 0.1) is 5.71 Å². The van der Waals surface area contributed by atoms with Gasteiger partial charge in [0.1, 0.15) is 5.75 Å². The number of carbonyl (C=O) groups is 1. The highest BCUT2D eigenvalue weighted by molar-refractivity contribution is 6.00. The smallest absolute Gasteiger partial charge is 0.271 e. The summed E-state index contributed by atoms with van der Waals surface area (Å²) in [6.45, 7) is 1.79. The zero-order chi connectivity index (χ0) is 13.7. The van der Waals surface area contributed by atoms with E-state index in [4.69, 9.17) is 5.11 Å². The molecule has 5 nitrogen and oxygen atoms in total. The molecule has 1 aromatic heterocycles. The van der Waals surface area contributed by atoms with Crippen molar-refractivity contribution in [1.29, 1.82) is 0 Å². The van der Waals surface area contributed by atoms with Crippen LogP contribution in [0.25, 0.3) is 0 Å². The summed E-state index contributed by atoms with van der Waals surface area (Å²) in [7, 11) is 0. The zero-order valence-electron chi connectivity index (χ0n) is 10.4. The van der Waals surface area contributed by atoms with Gasteiger partial charge in [0.15, 0.2) is 0 Å². The minimum Gasteiger partial charge on any atom is -0.508 e. The third-order valence-electron chi connectivity index (χ3n) is 2.53. The van der Waals surface area contributed by atoms with Crippen molar-refractivity contribution in [2.24, 2.45) is 5.10 Å².